The second-order valence-electron chi connectivity index (χ2n) is 6.60. The van der Waals surface area contributed by atoms with Gasteiger partial charge in [0.15, 0.2) is 0 Å². The highest BCUT2D eigenvalue weighted by atomic mass is 32.1. The summed E-state index contributed by atoms with van der Waals surface area (Å²) in [5.74, 6) is 2.16. The van der Waals surface area contributed by atoms with E-state index in [-0.39, 0.29) is 18.0 Å². The summed E-state index contributed by atoms with van der Waals surface area (Å²) in [6, 6.07) is 4.46. The van der Waals surface area contributed by atoms with Gasteiger partial charge in [-0.05, 0) is 31.9 Å². The lowest BCUT2D eigenvalue weighted by Crippen LogP contribution is -2.41. The first kappa shape index (κ1) is 15.8. The van der Waals surface area contributed by atoms with Crippen molar-refractivity contribution in [3.8, 4) is 0 Å². The third kappa shape index (κ3) is 2.65. The average molecular weight is 346 g/mol. The summed E-state index contributed by atoms with van der Waals surface area (Å²) < 4.78 is 7.39. The molecule has 0 saturated carbocycles. The van der Waals surface area contributed by atoms with E-state index in [4.69, 9.17) is 4.74 Å². The number of carbonyl (C=O) groups is 1. The Morgan fingerprint density at radius 1 is 1.33 bits per heavy atom. The van der Waals surface area contributed by atoms with E-state index < -0.39 is 0 Å². The van der Waals surface area contributed by atoms with Crippen molar-refractivity contribution in [3.63, 3.8) is 0 Å². The van der Waals surface area contributed by atoms with Gasteiger partial charge < -0.3 is 14.2 Å². The summed E-state index contributed by atoms with van der Waals surface area (Å²) in [7, 11) is 1.70. The smallest absolute Gasteiger partial charge is 0.264 e. The summed E-state index contributed by atoms with van der Waals surface area (Å²) in [6.07, 6.45) is 3.68. The molecule has 24 heavy (non-hydrogen) atoms. The van der Waals surface area contributed by atoms with Gasteiger partial charge in [0.25, 0.3) is 5.91 Å². The lowest BCUT2D eigenvalue weighted by molar-refractivity contribution is 0.0670. The fourth-order valence-corrected chi connectivity index (χ4v) is 4.69. The molecule has 1 amide bonds. The number of amides is 1. The van der Waals surface area contributed by atoms with Gasteiger partial charge >= 0.3 is 0 Å². The van der Waals surface area contributed by atoms with Crippen molar-refractivity contribution in [2.24, 2.45) is 0 Å². The maximum absolute atomic E-state index is 13.0. The van der Waals surface area contributed by atoms with Crippen molar-refractivity contribution in [2.75, 3.05) is 13.7 Å². The predicted octanol–water partition coefficient (Wildman–Crippen LogP) is 2.07. The van der Waals surface area contributed by atoms with Crippen LogP contribution in [0.15, 0.2) is 12.1 Å². The molecule has 0 aromatic carbocycles. The van der Waals surface area contributed by atoms with E-state index in [1.54, 1.807) is 18.4 Å². The largest absolute Gasteiger partial charge is 0.384 e. The highest BCUT2D eigenvalue weighted by Crippen LogP contribution is 2.33. The van der Waals surface area contributed by atoms with Gasteiger partial charge in [-0.2, -0.15) is 0 Å². The van der Waals surface area contributed by atoms with Crippen molar-refractivity contribution in [1.82, 2.24) is 19.7 Å². The Hall–Kier alpha value is -1.73. The van der Waals surface area contributed by atoms with Crippen LogP contribution in [0.5, 0.6) is 0 Å². The Balaban J connectivity index is 1.60. The van der Waals surface area contributed by atoms with Crippen LogP contribution in [0, 0.1) is 6.92 Å². The fraction of sp³-hybridized carbons (Fsp3) is 0.588. The van der Waals surface area contributed by atoms with E-state index in [0.29, 0.717) is 6.61 Å². The summed E-state index contributed by atoms with van der Waals surface area (Å²) in [5.41, 5.74) is 0. The molecule has 128 valence electrons. The highest BCUT2D eigenvalue weighted by Gasteiger charge is 2.41. The van der Waals surface area contributed by atoms with Gasteiger partial charge in [0.2, 0.25) is 0 Å². The van der Waals surface area contributed by atoms with Crippen LogP contribution >= 0.6 is 11.3 Å². The molecule has 0 N–H and O–H groups in total. The minimum Gasteiger partial charge on any atom is -0.384 e. The molecule has 2 aromatic rings. The first-order valence-corrected chi connectivity index (χ1v) is 9.28. The molecule has 2 aromatic heterocycles. The number of aryl methyl sites for hydroxylation is 1. The predicted molar refractivity (Wildman–Crippen MR) is 91.3 cm³/mol. The zero-order valence-corrected chi connectivity index (χ0v) is 14.9. The Kier molecular flexibility index (Phi) is 4.14. The number of thiophene rings is 1. The summed E-state index contributed by atoms with van der Waals surface area (Å²) >= 11 is 1.59. The van der Waals surface area contributed by atoms with Crippen molar-refractivity contribution < 1.29 is 9.53 Å². The number of rotatable bonds is 4. The summed E-state index contributed by atoms with van der Waals surface area (Å²) in [6.45, 7) is 3.49. The zero-order chi connectivity index (χ0) is 16.7. The Morgan fingerprint density at radius 2 is 2.17 bits per heavy atom. The molecule has 2 bridgehead atoms. The number of hydrogen-bond acceptors (Lipinski definition) is 5. The first-order chi connectivity index (χ1) is 11.7. The average Bonchev–Trinajstić information content (AvgIpc) is 3.23. The summed E-state index contributed by atoms with van der Waals surface area (Å²) in [4.78, 5) is 17.2. The van der Waals surface area contributed by atoms with Crippen molar-refractivity contribution >= 4 is 17.2 Å². The van der Waals surface area contributed by atoms with Crippen LogP contribution in [0.4, 0.5) is 0 Å². The van der Waals surface area contributed by atoms with E-state index in [1.807, 2.05) is 19.1 Å². The van der Waals surface area contributed by atoms with Crippen LogP contribution in [-0.4, -0.2) is 51.4 Å². The minimum absolute atomic E-state index is 0.178. The van der Waals surface area contributed by atoms with Crippen molar-refractivity contribution in [1.29, 1.82) is 0 Å². The number of methoxy groups -OCH3 is 1. The Bertz CT molecular complexity index is 754. The van der Waals surface area contributed by atoms with Gasteiger partial charge in [0.05, 0.1) is 17.5 Å². The van der Waals surface area contributed by atoms with Gasteiger partial charge in [-0.3, -0.25) is 4.79 Å². The number of hydrogen-bond donors (Lipinski definition) is 0. The van der Waals surface area contributed by atoms with Crippen LogP contribution in [0.25, 0.3) is 0 Å². The van der Waals surface area contributed by atoms with E-state index >= 15 is 0 Å². The second kappa shape index (κ2) is 6.29. The fourth-order valence-electron chi connectivity index (χ4n) is 3.88. The maximum atomic E-state index is 13.0. The van der Waals surface area contributed by atoms with Gasteiger partial charge in [-0.25, -0.2) is 0 Å². The lowest BCUT2D eigenvalue weighted by atomic mass is 10.1. The standard InChI is InChI=1S/C17H22N4O2S/c1-11-3-6-14(24-11)17(22)21-12-4-5-13(21)10-20-15(7-8-23-2)18-19-16(20)9-12/h3,6,12-13H,4-5,7-10H2,1-2H3/t12-,13+/m0/s1. The van der Waals surface area contributed by atoms with Gasteiger partial charge in [-0.1, -0.05) is 0 Å². The molecule has 0 unspecified atom stereocenters. The normalized spacial score (nSPS) is 22.5. The first-order valence-electron chi connectivity index (χ1n) is 8.46. The monoisotopic (exact) mass is 346 g/mol. The van der Waals surface area contributed by atoms with Crippen molar-refractivity contribution in [3.05, 3.63) is 33.5 Å². The third-order valence-electron chi connectivity index (χ3n) is 5.05. The molecule has 0 radical (unpaired) electrons. The van der Waals surface area contributed by atoms with Gasteiger partial charge in [-0.15, -0.1) is 21.5 Å². The molecule has 2 atom stereocenters. The molecule has 1 saturated heterocycles. The van der Waals surface area contributed by atoms with E-state index in [0.717, 1.165) is 48.8 Å². The van der Waals surface area contributed by atoms with E-state index in [1.165, 1.54) is 4.88 Å². The van der Waals surface area contributed by atoms with Crippen LogP contribution in [0.1, 0.15) is 39.0 Å². The van der Waals surface area contributed by atoms with Crippen LogP contribution in [-0.2, 0) is 24.1 Å². The number of fused-ring (bicyclic) bond motifs is 3. The molecule has 2 aliphatic heterocycles. The Labute approximate surface area is 145 Å². The van der Waals surface area contributed by atoms with E-state index in [2.05, 4.69) is 19.7 Å². The molecule has 4 rings (SSSR count). The number of carbonyl (C=O) groups excluding carboxylic acids is 1. The molecule has 1 fully saturated rings. The molecule has 2 aliphatic rings. The summed E-state index contributed by atoms with van der Waals surface area (Å²) in [5, 5.41) is 8.72. The lowest BCUT2D eigenvalue weighted by Gasteiger charge is -2.27. The van der Waals surface area contributed by atoms with Gasteiger partial charge in [0, 0.05) is 37.4 Å². The SMILES string of the molecule is COCCc1nnc2n1C[C@H]1CC[C@@H](C2)N1C(=O)c1ccc(C)s1. The molecule has 0 spiro atoms. The topological polar surface area (TPSA) is 60.3 Å². The molecule has 7 heteroatoms. The molecular weight excluding hydrogens is 324 g/mol. The molecular formula is C17H22N4O2S. The van der Waals surface area contributed by atoms with Crippen molar-refractivity contribution in [2.45, 2.75) is 51.2 Å². The molecule has 0 aliphatic carbocycles. The van der Waals surface area contributed by atoms with Crippen LogP contribution in [0.3, 0.4) is 0 Å². The maximum Gasteiger partial charge on any atom is 0.264 e. The van der Waals surface area contributed by atoms with Crippen LogP contribution in [0.2, 0.25) is 0 Å². The second-order valence-corrected chi connectivity index (χ2v) is 7.89. The highest BCUT2D eigenvalue weighted by molar-refractivity contribution is 7.13. The molecule has 6 nitrogen and oxygen atoms in total. The van der Waals surface area contributed by atoms with Gasteiger partial charge in [0.1, 0.15) is 11.6 Å². The molecule has 4 heterocycles. The third-order valence-corrected chi connectivity index (χ3v) is 6.04. The quantitative estimate of drug-likeness (QED) is 0.850. The minimum atomic E-state index is 0.178. The Morgan fingerprint density at radius 3 is 2.92 bits per heavy atom. The number of aromatic nitrogens is 3. The van der Waals surface area contributed by atoms with E-state index in [9.17, 15) is 4.79 Å². The number of ether oxygens (including phenoxy) is 1. The van der Waals surface area contributed by atoms with Crippen LogP contribution < -0.4 is 0 Å². The zero-order valence-electron chi connectivity index (χ0n) is 14.1. The number of nitrogens with zero attached hydrogens (tertiary/aromatic N) is 4.